The molecule has 1 aromatic carbocycles. The zero-order chi connectivity index (χ0) is 15.0. The Bertz CT molecular complexity index is 381. The average Bonchev–Trinajstić information content (AvgIpc) is 2.48. The van der Waals surface area contributed by atoms with Gasteiger partial charge in [0, 0.05) is 18.7 Å². The molecular weight excluding hydrogens is 248 g/mol. The van der Waals surface area contributed by atoms with E-state index in [0.29, 0.717) is 19.1 Å². The maximum Gasteiger partial charge on any atom is 0.124 e. The van der Waals surface area contributed by atoms with E-state index in [4.69, 9.17) is 10.5 Å². The van der Waals surface area contributed by atoms with Crippen molar-refractivity contribution in [2.24, 2.45) is 11.7 Å². The van der Waals surface area contributed by atoms with Crippen molar-refractivity contribution in [2.45, 2.75) is 40.2 Å². The van der Waals surface area contributed by atoms with E-state index in [1.54, 1.807) is 0 Å². The van der Waals surface area contributed by atoms with Gasteiger partial charge in [0.2, 0.25) is 0 Å². The van der Waals surface area contributed by atoms with Gasteiger partial charge in [-0.05, 0) is 25.5 Å². The summed E-state index contributed by atoms with van der Waals surface area (Å²) in [5, 5.41) is 0. The number of rotatable bonds is 9. The van der Waals surface area contributed by atoms with Gasteiger partial charge < -0.3 is 10.5 Å². The van der Waals surface area contributed by atoms with Crippen molar-refractivity contribution >= 4 is 0 Å². The normalized spacial score (nSPS) is 14.3. The minimum atomic E-state index is 0.233. The summed E-state index contributed by atoms with van der Waals surface area (Å²) in [6, 6.07) is 8.50. The third-order valence-corrected chi connectivity index (χ3v) is 3.89. The smallest absolute Gasteiger partial charge is 0.124 e. The van der Waals surface area contributed by atoms with Crippen LogP contribution in [0.3, 0.4) is 0 Å². The van der Waals surface area contributed by atoms with Crippen molar-refractivity contribution < 1.29 is 4.74 Å². The van der Waals surface area contributed by atoms with Crippen LogP contribution in [0.1, 0.15) is 45.7 Å². The molecule has 0 fully saturated rings. The van der Waals surface area contributed by atoms with Crippen molar-refractivity contribution in [3.63, 3.8) is 0 Å². The van der Waals surface area contributed by atoms with Gasteiger partial charge in [-0.25, -0.2) is 0 Å². The number of nitrogens with zero attached hydrogens (tertiary/aromatic N) is 1. The number of benzene rings is 1. The largest absolute Gasteiger partial charge is 0.494 e. The highest BCUT2D eigenvalue weighted by Crippen LogP contribution is 2.29. The van der Waals surface area contributed by atoms with Crippen molar-refractivity contribution in [2.75, 3.05) is 26.2 Å². The minimum Gasteiger partial charge on any atom is -0.494 e. The first kappa shape index (κ1) is 17.0. The predicted octanol–water partition coefficient (Wildman–Crippen LogP) is 3.45. The number of hydrogen-bond donors (Lipinski definition) is 1. The minimum absolute atomic E-state index is 0.233. The molecule has 114 valence electrons. The van der Waals surface area contributed by atoms with Gasteiger partial charge in [0.1, 0.15) is 5.75 Å². The van der Waals surface area contributed by atoms with Gasteiger partial charge in [0.05, 0.1) is 12.6 Å². The molecule has 1 rings (SSSR count). The van der Waals surface area contributed by atoms with E-state index in [0.717, 1.165) is 18.8 Å². The fourth-order valence-corrected chi connectivity index (χ4v) is 2.52. The molecule has 2 atom stereocenters. The number of ether oxygens (including phenoxy) is 1. The quantitative estimate of drug-likeness (QED) is 0.752. The number of hydrogen-bond acceptors (Lipinski definition) is 3. The van der Waals surface area contributed by atoms with Crippen molar-refractivity contribution in [3.05, 3.63) is 29.8 Å². The van der Waals surface area contributed by atoms with Crippen LogP contribution in [0.2, 0.25) is 0 Å². The van der Waals surface area contributed by atoms with Crippen LogP contribution < -0.4 is 10.5 Å². The van der Waals surface area contributed by atoms with Crippen LogP contribution in [-0.2, 0) is 0 Å². The average molecular weight is 278 g/mol. The first-order chi connectivity index (χ1) is 9.67. The van der Waals surface area contributed by atoms with Gasteiger partial charge in [-0.2, -0.15) is 0 Å². The lowest BCUT2D eigenvalue weighted by Crippen LogP contribution is -2.36. The van der Waals surface area contributed by atoms with Gasteiger partial charge in [-0.1, -0.05) is 45.4 Å². The van der Waals surface area contributed by atoms with Gasteiger partial charge in [0.15, 0.2) is 0 Å². The van der Waals surface area contributed by atoms with Gasteiger partial charge >= 0.3 is 0 Å². The first-order valence-electron chi connectivity index (χ1n) is 7.83. The zero-order valence-electron chi connectivity index (χ0n) is 13.4. The Balaban J connectivity index is 2.98. The highest BCUT2D eigenvalue weighted by molar-refractivity contribution is 5.36. The molecule has 0 aliphatic carbocycles. The molecule has 0 spiro atoms. The van der Waals surface area contributed by atoms with Crippen LogP contribution in [0, 0.1) is 5.92 Å². The molecule has 0 aromatic heterocycles. The Morgan fingerprint density at radius 3 is 2.45 bits per heavy atom. The molecule has 1 aromatic rings. The van der Waals surface area contributed by atoms with Gasteiger partial charge in [-0.3, -0.25) is 4.90 Å². The fraction of sp³-hybridized carbons (Fsp3) is 0.647. The van der Waals surface area contributed by atoms with Crippen LogP contribution >= 0.6 is 0 Å². The standard InChI is InChI=1S/C17H30N2O/c1-5-14(4)13-19(6-2)16(12-18)15-10-8-9-11-17(15)20-7-3/h8-11,14,16H,5-7,12-13,18H2,1-4H3. The summed E-state index contributed by atoms with van der Waals surface area (Å²) in [5.41, 5.74) is 7.28. The molecule has 0 amide bonds. The summed E-state index contributed by atoms with van der Waals surface area (Å²) >= 11 is 0. The predicted molar refractivity (Wildman–Crippen MR) is 86.1 cm³/mol. The molecule has 0 bridgehead atoms. The van der Waals surface area contributed by atoms with E-state index in [2.05, 4.69) is 37.8 Å². The zero-order valence-corrected chi connectivity index (χ0v) is 13.4. The SMILES string of the molecule is CCOc1ccccc1C(CN)N(CC)CC(C)CC. The molecule has 0 aliphatic rings. The molecule has 2 unspecified atom stereocenters. The van der Waals surface area contributed by atoms with E-state index in [1.165, 1.54) is 12.0 Å². The Hall–Kier alpha value is -1.06. The van der Waals surface area contributed by atoms with E-state index >= 15 is 0 Å². The molecule has 0 radical (unpaired) electrons. The molecule has 3 nitrogen and oxygen atoms in total. The van der Waals surface area contributed by atoms with E-state index < -0.39 is 0 Å². The highest BCUT2D eigenvalue weighted by Gasteiger charge is 2.22. The van der Waals surface area contributed by atoms with Crippen LogP contribution in [0.25, 0.3) is 0 Å². The van der Waals surface area contributed by atoms with E-state index in [1.807, 2.05) is 19.1 Å². The lowest BCUT2D eigenvalue weighted by atomic mass is 10.0. The summed E-state index contributed by atoms with van der Waals surface area (Å²) in [7, 11) is 0. The Labute approximate surface area is 124 Å². The Morgan fingerprint density at radius 1 is 1.20 bits per heavy atom. The molecule has 20 heavy (non-hydrogen) atoms. The van der Waals surface area contributed by atoms with Gasteiger partial charge in [0.25, 0.3) is 0 Å². The topological polar surface area (TPSA) is 38.5 Å². The summed E-state index contributed by atoms with van der Waals surface area (Å²) in [6.45, 7) is 12.1. The fourth-order valence-electron chi connectivity index (χ4n) is 2.52. The van der Waals surface area contributed by atoms with Crippen LogP contribution in [0.4, 0.5) is 0 Å². The first-order valence-corrected chi connectivity index (χ1v) is 7.83. The maximum absolute atomic E-state index is 6.07. The lowest BCUT2D eigenvalue weighted by molar-refractivity contribution is 0.178. The summed E-state index contributed by atoms with van der Waals surface area (Å²) < 4.78 is 5.76. The molecule has 0 heterocycles. The van der Waals surface area contributed by atoms with Crippen molar-refractivity contribution in [1.82, 2.24) is 4.90 Å². The third-order valence-electron chi connectivity index (χ3n) is 3.89. The summed E-state index contributed by atoms with van der Waals surface area (Å²) in [6.07, 6.45) is 1.20. The van der Waals surface area contributed by atoms with Crippen LogP contribution in [0.5, 0.6) is 5.75 Å². The Morgan fingerprint density at radius 2 is 1.90 bits per heavy atom. The van der Waals surface area contributed by atoms with E-state index in [-0.39, 0.29) is 6.04 Å². The number of likely N-dealkylation sites (N-methyl/N-ethyl adjacent to an activating group) is 1. The second-order valence-electron chi connectivity index (χ2n) is 5.32. The third kappa shape index (κ3) is 4.50. The summed E-state index contributed by atoms with van der Waals surface area (Å²) in [4.78, 5) is 2.46. The second kappa shape index (κ2) is 8.98. The van der Waals surface area contributed by atoms with Crippen LogP contribution in [0.15, 0.2) is 24.3 Å². The molecule has 0 saturated heterocycles. The molecule has 3 heteroatoms. The summed E-state index contributed by atoms with van der Waals surface area (Å²) in [5.74, 6) is 1.65. The van der Waals surface area contributed by atoms with Crippen molar-refractivity contribution in [1.29, 1.82) is 0 Å². The van der Waals surface area contributed by atoms with Gasteiger partial charge in [-0.15, -0.1) is 0 Å². The maximum atomic E-state index is 6.07. The second-order valence-corrected chi connectivity index (χ2v) is 5.32. The number of para-hydroxylation sites is 1. The lowest BCUT2D eigenvalue weighted by Gasteiger charge is -2.33. The molecule has 2 N–H and O–H groups in total. The number of nitrogens with two attached hydrogens (primary N) is 1. The molecular formula is C17H30N2O. The van der Waals surface area contributed by atoms with Crippen molar-refractivity contribution in [3.8, 4) is 5.75 Å². The van der Waals surface area contributed by atoms with Crippen LogP contribution in [-0.4, -0.2) is 31.1 Å². The highest BCUT2D eigenvalue weighted by atomic mass is 16.5. The Kier molecular flexibility index (Phi) is 7.63. The molecule has 0 aliphatic heterocycles. The monoisotopic (exact) mass is 278 g/mol. The molecule has 0 saturated carbocycles. The van der Waals surface area contributed by atoms with E-state index in [9.17, 15) is 0 Å².